The number of ether oxygens (including phenoxy) is 1. The normalized spacial score (nSPS) is 19.9. The number of aliphatic hydroxyl groups is 1. The van der Waals surface area contributed by atoms with Gasteiger partial charge in [-0.1, -0.05) is 36.4 Å². The lowest BCUT2D eigenvalue weighted by Gasteiger charge is -2.18. The van der Waals surface area contributed by atoms with Crippen molar-refractivity contribution in [1.82, 2.24) is 0 Å². The third-order valence-corrected chi connectivity index (χ3v) is 4.31. The number of aliphatic hydroxyl groups excluding tert-OH is 1. The minimum Gasteiger partial charge on any atom is -0.444 e. The molecule has 2 unspecified atom stereocenters. The minimum absolute atomic E-state index is 0.227. The number of hydrogen-bond acceptors (Lipinski definition) is 4. The molecule has 2 aromatic carbocycles. The third-order valence-electron chi connectivity index (χ3n) is 4.31. The molecule has 1 aliphatic carbocycles. The molecule has 1 amide bonds. The van der Waals surface area contributed by atoms with Crippen LogP contribution in [0.2, 0.25) is 0 Å². The molecule has 0 aliphatic heterocycles. The quantitative estimate of drug-likeness (QED) is 0.757. The van der Waals surface area contributed by atoms with Crippen molar-refractivity contribution in [3.63, 3.8) is 0 Å². The molecule has 0 fully saturated rings. The van der Waals surface area contributed by atoms with E-state index >= 15 is 0 Å². The maximum Gasteiger partial charge on any atom is 0.411 e. The van der Waals surface area contributed by atoms with E-state index < -0.39 is 12.2 Å². The maximum atomic E-state index is 11.9. The molecule has 126 valence electrons. The van der Waals surface area contributed by atoms with Gasteiger partial charge < -0.3 is 15.6 Å². The van der Waals surface area contributed by atoms with Crippen LogP contribution in [0.1, 0.15) is 35.6 Å². The summed E-state index contributed by atoms with van der Waals surface area (Å²) in [4.78, 5) is 11.9. The Morgan fingerprint density at radius 3 is 2.83 bits per heavy atom. The number of nitrogens with one attached hydrogen (secondary N) is 1. The summed E-state index contributed by atoms with van der Waals surface area (Å²) < 4.78 is 5.22. The summed E-state index contributed by atoms with van der Waals surface area (Å²) in [7, 11) is 0. The van der Waals surface area contributed by atoms with Gasteiger partial charge in [-0.25, -0.2) is 4.79 Å². The van der Waals surface area contributed by atoms with E-state index in [2.05, 4.69) is 5.32 Å². The first-order valence-corrected chi connectivity index (χ1v) is 8.17. The van der Waals surface area contributed by atoms with E-state index in [9.17, 15) is 9.90 Å². The average molecular weight is 326 g/mol. The molecule has 0 aromatic heterocycles. The predicted molar refractivity (Wildman–Crippen MR) is 92.6 cm³/mol. The number of amides is 1. The molecular weight excluding hydrogens is 304 g/mol. The van der Waals surface area contributed by atoms with E-state index in [-0.39, 0.29) is 12.6 Å². The molecule has 0 bridgehead atoms. The van der Waals surface area contributed by atoms with Gasteiger partial charge in [0.15, 0.2) is 0 Å². The Morgan fingerprint density at radius 1 is 1.25 bits per heavy atom. The lowest BCUT2D eigenvalue weighted by atomic mass is 9.98. The van der Waals surface area contributed by atoms with Crippen molar-refractivity contribution in [2.75, 3.05) is 5.32 Å². The topological polar surface area (TPSA) is 84.6 Å². The largest absolute Gasteiger partial charge is 0.444 e. The van der Waals surface area contributed by atoms with Gasteiger partial charge in [0.05, 0.1) is 6.10 Å². The molecule has 24 heavy (non-hydrogen) atoms. The first-order valence-electron chi connectivity index (χ1n) is 8.17. The average Bonchev–Trinajstić information content (AvgIpc) is 2.73. The zero-order chi connectivity index (χ0) is 16.9. The summed E-state index contributed by atoms with van der Waals surface area (Å²) in [5.41, 5.74) is 9.44. The fraction of sp³-hybridized carbons (Fsp3) is 0.316. The van der Waals surface area contributed by atoms with E-state index in [1.54, 1.807) is 6.07 Å². The van der Waals surface area contributed by atoms with Crippen LogP contribution in [-0.4, -0.2) is 17.2 Å². The molecule has 0 saturated carbocycles. The second-order valence-electron chi connectivity index (χ2n) is 6.10. The van der Waals surface area contributed by atoms with E-state index in [0.29, 0.717) is 5.69 Å². The summed E-state index contributed by atoms with van der Waals surface area (Å²) >= 11 is 0. The Labute approximate surface area is 141 Å². The van der Waals surface area contributed by atoms with E-state index in [1.807, 2.05) is 42.5 Å². The van der Waals surface area contributed by atoms with Crippen LogP contribution in [0.25, 0.3) is 0 Å². The van der Waals surface area contributed by atoms with Gasteiger partial charge in [-0.15, -0.1) is 0 Å². The summed E-state index contributed by atoms with van der Waals surface area (Å²) in [6, 6.07) is 14.8. The molecule has 5 heteroatoms. The minimum atomic E-state index is -0.651. The summed E-state index contributed by atoms with van der Waals surface area (Å²) in [6.07, 6.45) is 1.41. The lowest BCUT2D eigenvalue weighted by molar-refractivity contribution is 0.144. The fourth-order valence-corrected chi connectivity index (χ4v) is 2.98. The van der Waals surface area contributed by atoms with Gasteiger partial charge in [0.2, 0.25) is 0 Å². The highest BCUT2D eigenvalue weighted by Crippen LogP contribution is 2.30. The maximum absolute atomic E-state index is 11.9. The number of aryl methyl sites for hydroxylation is 1. The highest BCUT2D eigenvalue weighted by atomic mass is 16.5. The standard InChI is InChI=1S/C19H22N2O3/c20-17-8-4-7-14-11-15(9-10-16(14)18(17)22)21-19(23)24-12-13-5-2-1-3-6-13/h1-3,5-6,9-11,17-18,22H,4,7-8,12,20H2,(H,21,23). The predicted octanol–water partition coefficient (Wildman–Crippen LogP) is 3.13. The van der Waals surface area contributed by atoms with Gasteiger partial charge in [-0.05, 0) is 48.1 Å². The molecule has 0 heterocycles. The molecule has 4 N–H and O–H groups in total. The van der Waals surface area contributed by atoms with Crippen molar-refractivity contribution >= 4 is 11.8 Å². The highest BCUT2D eigenvalue weighted by molar-refractivity contribution is 5.84. The van der Waals surface area contributed by atoms with Crippen LogP contribution < -0.4 is 11.1 Å². The summed E-state index contributed by atoms with van der Waals surface area (Å²) in [6.45, 7) is 0.227. The first-order chi connectivity index (χ1) is 11.6. The summed E-state index contributed by atoms with van der Waals surface area (Å²) in [5, 5.41) is 13.0. The number of anilines is 1. The molecule has 1 aliphatic rings. The van der Waals surface area contributed by atoms with Gasteiger partial charge in [0, 0.05) is 11.7 Å². The number of rotatable bonds is 3. The van der Waals surface area contributed by atoms with E-state index in [4.69, 9.17) is 10.5 Å². The number of carbonyl (C=O) groups is 1. The molecule has 0 saturated heterocycles. The zero-order valence-corrected chi connectivity index (χ0v) is 13.4. The number of carbonyl (C=O) groups excluding carboxylic acids is 1. The van der Waals surface area contributed by atoms with Gasteiger partial charge in [0.25, 0.3) is 0 Å². The molecule has 0 radical (unpaired) electrons. The van der Waals surface area contributed by atoms with Crippen molar-refractivity contribution in [2.45, 2.75) is 38.0 Å². The van der Waals surface area contributed by atoms with Crippen molar-refractivity contribution in [3.05, 3.63) is 65.2 Å². The molecular formula is C19H22N2O3. The molecule has 3 rings (SSSR count). The molecule has 2 aromatic rings. The smallest absolute Gasteiger partial charge is 0.411 e. The Bertz CT molecular complexity index is 703. The number of hydrogen-bond donors (Lipinski definition) is 3. The van der Waals surface area contributed by atoms with Crippen LogP contribution in [-0.2, 0) is 17.8 Å². The monoisotopic (exact) mass is 326 g/mol. The van der Waals surface area contributed by atoms with Crippen LogP contribution in [0.5, 0.6) is 0 Å². The van der Waals surface area contributed by atoms with Gasteiger partial charge in [-0.2, -0.15) is 0 Å². The third kappa shape index (κ3) is 3.93. The van der Waals surface area contributed by atoms with Gasteiger partial charge in [-0.3, -0.25) is 5.32 Å². The first kappa shape index (κ1) is 16.5. The number of nitrogens with two attached hydrogens (primary N) is 1. The molecule has 0 spiro atoms. The number of fused-ring (bicyclic) bond motifs is 1. The molecule has 5 nitrogen and oxygen atoms in total. The zero-order valence-electron chi connectivity index (χ0n) is 13.4. The van der Waals surface area contributed by atoms with Crippen LogP contribution in [0.3, 0.4) is 0 Å². The van der Waals surface area contributed by atoms with Crippen LogP contribution in [0.4, 0.5) is 10.5 Å². The lowest BCUT2D eigenvalue weighted by Crippen LogP contribution is -2.27. The second kappa shape index (κ2) is 7.47. The van der Waals surface area contributed by atoms with Crippen molar-refractivity contribution in [2.24, 2.45) is 5.73 Å². The van der Waals surface area contributed by atoms with Crippen LogP contribution >= 0.6 is 0 Å². The van der Waals surface area contributed by atoms with E-state index in [0.717, 1.165) is 36.0 Å². The SMILES string of the molecule is NC1CCCc2cc(NC(=O)OCc3ccccc3)ccc2C1O. The summed E-state index contributed by atoms with van der Waals surface area (Å²) in [5.74, 6) is 0. The van der Waals surface area contributed by atoms with Crippen LogP contribution in [0.15, 0.2) is 48.5 Å². The van der Waals surface area contributed by atoms with Crippen LogP contribution in [0, 0.1) is 0 Å². The van der Waals surface area contributed by atoms with Crippen molar-refractivity contribution in [1.29, 1.82) is 0 Å². The molecule has 2 atom stereocenters. The van der Waals surface area contributed by atoms with Crippen molar-refractivity contribution in [3.8, 4) is 0 Å². The fourth-order valence-electron chi connectivity index (χ4n) is 2.98. The Morgan fingerprint density at radius 2 is 2.04 bits per heavy atom. The van der Waals surface area contributed by atoms with Crippen molar-refractivity contribution < 1.29 is 14.6 Å². The Kier molecular flexibility index (Phi) is 5.13. The highest BCUT2D eigenvalue weighted by Gasteiger charge is 2.23. The van der Waals surface area contributed by atoms with E-state index in [1.165, 1.54) is 0 Å². The van der Waals surface area contributed by atoms with Gasteiger partial charge >= 0.3 is 6.09 Å². The second-order valence-corrected chi connectivity index (χ2v) is 6.10. The Hall–Kier alpha value is -2.37. The Balaban J connectivity index is 1.63. The van der Waals surface area contributed by atoms with Gasteiger partial charge in [0.1, 0.15) is 6.61 Å². The number of benzene rings is 2.